The lowest BCUT2D eigenvalue weighted by Crippen LogP contribution is -2.42. The van der Waals surface area contributed by atoms with E-state index in [2.05, 4.69) is 0 Å². The summed E-state index contributed by atoms with van der Waals surface area (Å²) in [6, 6.07) is 1.26. The van der Waals surface area contributed by atoms with E-state index < -0.39 is 24.0 Å². The van der Waals surface area contributed by atoms with Crippen molar-refractivity contribution in [2.45, 2.75) is 26.1 Å². The third kappa shape index (κ3) is 2.54. The molecule has 0 saturated carbocycles. The van der Waals surface area contributed by atoms with Gasteiger partial charge < -0.3 is 14.8 Å². The molecule has 15 heavy (non-hydrogen) atoms. The Morgan fingerprint density at radius 1 is 1.47 bits per heavy atom. The first-order valence-electron chi connectivity index (χ1n) is 4.69. The van der Waals surface area contributed by atoms with Crippen LogP contribution in [0.25, 0.3) is 0 Å². The van der Waals surface area contributed by atoms with Crippen LogP contribution in [0, 0.1) is 0 Å². The van der Waals surface area contributed by atoms with Gasteiger partial charge in [-0.1, -0.05) is 0 Å². The molecular formula is C9H14N2O4. The molecule has 0 aliphatic carbocycles. The summed E-state index contributed by atoms with van der Waals surface area (Å²) in [6.45, 7) is 1.56. The van der Waals surface area contributed by atoms with Crippen LogP contribution in [0.15, 0.2) is 21.9 Å². The Hall–Kier alpha value is -1.40. The fourth-order valence-corrected chi connectivity index (χ4v) is 1.23. The van der Waals surface area contributed by atoms with E-state index in [1.54, 1.807) is 6.92 Å². The first-order chi connectivity index (χ1) is 7.10. The average Bonchev–Trinajstić information content (AvgIpc) is 2.24. The second-order valence-corrected chi connectivity index (χ2v) is 3.17. The van der Waals surface area contributed by atoms with Gasteiger partial charge in [-0.05, 0) is 6.92 Å². The molecule has 0 radical (unpaired) electrons. The molecule has 0 aromatic carbocycles. The van der Waals surface area contributed by atoms with Gasteiger partial charge in [-0.2, -0.15) is 0 Å². The minimum absolute atomic E-state index is 0.186. The van der Waals surface area contributed by atoms with Crippen LogP contribution in [0.5, 0.6) is 0 Å². The van der Waals surface area contributed by atoms with Crippen molar-refractivity contribution in [3.8, 4) is 0 Å². The molecule has 0 saturated heterocycles. The molecule has 0 spiro atoms. The van der Waals surface area contributed by atoms with Crippen molar-refractivity contribution >= 4 is 0 Å². The molecular weight excluding hydrogens is 200 g/mol. The number of aliphatic hydroxyl groups excluding tert-OH is 2. The summed E-state index contributed by atoms with van der Waals surface area (Å²) < 4.78 is 2.26. The van der Waals surface area contributed by atoms with Crippen molar-refractivity contribution < 1.29 is 10.2 Å². The van der Waals surface area contributed by atoms with Crippen LogP contribution >= 0.6 is 0 Å². The van der Waals surface area contributed by atoms with Crippen molar-refractivity contribution in [3.63, 3.8) is 0 Å². The number of hydrogen-bond acceptors (Lipinski definition) is 4. The van der Waals surface area contributed by atoms with E-state index in [-0.39, 0.29) is 6.54 Å². The summed E-state index contributed by atoms with van der Waals surface area (Å²) in [5.74, 6) is 0. The molecule has 0 fully saturated rings. The molecule has 1 unspecified atom stereocenters. The number of nitrogens with zero attached hydrogens (tertiary/aromatic N) is 2. The van der Waals surface area contributed by atoms with Gasteiger partial charge in [0.25, 0.3) is 5.56 Å². The van der Waals surface area contributed by atoms with Gasteiger partial charge in [0.15, 0.2) is 0 Å². The maximum absolute atomic E-state index is 11.6. The predicted molar refractivity (Wildman–Crippen MR) is 53.7 cm³/mol. The van der Waals surface area contributed by atoms with Crippen LogP contribution in [0.2, 0.25) is 0 Å². The number of hydrogen-bond donors (Lipinski definition) is 2. The number of rotatable bonds is 4. The number of aryl methyl sites for hydroxylation is 1. The van der Waals surface area contributed by atoms with E-state index in [1.165, 1.54) is 16.8 Å². The molecule has 1 heterocycles. The highest BCUT2D eigenvalue weighted by Gasteiger charge is 2.09. The third-order valence-corrected chi connectivity index (χ3v) is 2.08. The van der Waals surface area contributed by atoms with Crippen molar-refractivity contribution in [1.82, 2.24) is 9.13 Å². The van der Waals surface area contributed by atoms with Gasteiger partial charge >= 0.3 is 5.69 Å². The minimum atomic E-state index is -1.09. The van der Waals surface area contributed by atoms with E-state index in [1.807, 2.05) is 0 Å². The van der Waals surface area contributed by atoms with Crippen LogP contribution in [-0.4, -0.2) is 32.1 Å². The Morgan fingerprint density at radius 2 is 2.13 bits per heavy atom. The van der Waals surface area contributed by atoms with Crippen LogP contribution in [0.4, 0.5) is 0 Å². The van der Waals surface area contributed by atoms with Gasteiger partial charge in [0.1, 0.15) is 0 Å². The van der Waals surface area contributed by atoms with Crippen LogP contribution < -0.4 is 11.2 Å². The Kier molecular flexibility index (Phi) is 3.81. The monoisotopic (exact) mass is 214 g/mol. The van der Waals surface area contributed by atoms with Crippen LogP contribution in [0.1, 0.15) is 6.92 Å². The number of aromatic nitrogens is 2. The van der Waals surface area contributed by atoms with E-state index in [9.17, 15) is 9.59 Å². The van der Waals surface area contributed by atoms with Crippen molar-refractivity contribution in [2.24, 2.45) is 0 Å². The summed E-state index contributed by atoms with van der Waals surface area (Å²) in [5.41, 5.74) is -0.949. The molecule has 1 aromatic rings. The zero-order valence-corrected chi connectivity index (χ0v) is 8.46. The Balaban J connectivity index is 3.16. The Bertz CT molecular complexity index is 434. The topological polar surface area (TPSA) is 84.5 Å². The average molecular weight is 214 g/mol. The summed E-state index contributed by atoms with van der Waals surface area (Å²) in [5, 5.41) is 17.8. The van der Waals surface area contributed by atoms with E-state index in [0.29, 0.717) is 6.54 Å². The molecule has 0 aliphatic heterocycles. The first kappa shape index (κ1) is 11.7. The summed E-state index contributed by atoms with van der Waals surface area (Å²) in [7, 11) is 0. The lowest BCUT2D eigenvalue weighted by molar-refractivity contribution is 0.0789. The van der Waals surface area contributed by atoms with Gasteiger partial charge in [0, 0.05) is 18.8 Å². The van der Waals surface area contributed by atoms with E-state index >= 15 is 0 Å². The summed E-state index contributed by atoms with van der Waals surface area (Å²) in [6.07, 6.45) is 0.315. The normalized spacial score (nSPS) is 12.7. The zero-order chi connectivity index (χ0) is 11.4. The quantitative estimate of drug-likeness (QED) is 0.631. The van der Waals surface area contributed by atoms with Gasteiger partial charge in [0.05, 0.1) is 19.3 Å². The molecule has 0 aliphatic rings. The maximum atomic E-state index is 11.6. The molecule has 1 aromatic heterocycles. The molecule has 1 rings (SSSR count). The SMILES string of the molecule is CCn1ccc(=O)n(CC(O)CO)c1=O. The molecule has 0 amide bonds. The molecule has 6 heteroatoms. The highest BCUT2D eigenvalue weighted by atomic mass is 16.3. The van der Waals surface area contributed by atoms with Gasteiger partial charge in [-0.25, -0.2) is 4.79 Å². The Labute approximate surface area is 86.0 Å². The molecule has 0 bridgehead atoms. The van der Waals surface area contributed by atoms with Crippen LogP contribution in [-0.2, 0) is 13.1 Å². The maximum Gasteiger partial charge on any atom is 0.331 e. The van der Waals surface area contributed by atoms with E-state index in [4.69, 9.17) is 10.2 Å². The highest BCUT2D eigenvalue weighted by molar-refractivity contribution is 4.86. The second-order valence-electron chi connectivity index (χ2n) is 3.17. The number of aliphatic hydroxyl groups is 2. The lowest BCUT2D eigenvalue weighted by atomic mass is 10.4. The molecule has 1 atom stereocenters. The smallest absolute Gasteiger partial charge is 0.331 e. The van der Waals surface area contributed by atoms with Crippen molar-refractivity contribution in [1.29, 1.82) is 0 Å². The van der Waals surface area contributed by atoms with Gasteiger partial charge in [-0.15, -0.1) is 0 Å². The Morgan fingerprint density at radius 3 is 2.67 bits per heavy atom. The third-order valence-electron chi connectivity index (χ3n) is 2.08. The lowest BCUT2D eigenvalue weighted by Gasteiger charge is -2.10. The standard InChI is InChI=1S/C9H14N2O4/c1-2-10-4-3-8(14)11(9(10)15)5-7(13)6-12/h3-4,7,12-13H,2,5-6H2,1H3. The summed E-state index contributed by atoms with van der Waals surface area (Å²) >= 11 is 0. The summed E-state index contributed by atoms with van der Waals surface area (Å²) in [4.78, 5) is 22.9. The van der Waals surface area contributed by atoms with Gasteiger partial charge in [-0.3, -0.25) is 9.36 Å². The fourth-order valence-electron chi connectivity index (χ4n) is 1.23. The van der Waals surface area contributed by atoms with Crippen molar-refractivity contribution in [2.75, 3.05) is 6.61 Å². The predicted octanol–water partition coefficient (Wildman–Crippen LogP) is -1.62. The highest BCUT2D eigenvalue weighted by Crippen LogP contribution is 1.84. The minimum Gasteiger partial charge on any atom is -0.394 e. The van der Waals surface area contributed by atoms with E-state index in [0.717, 1.165) is 4.57 Å². The largest absolute Gasteiger partial charge is 0.394 e. The first-order valence-corrected chi connectivity index (χ1v) is 4.69. The van der Waals surface area contributed by atoms with Crippen LogP contribution in [0.3, 0.4) is 0 Å². The fraction of sp³-hybridized carbons (Fsp3) is 0.556. The molecule has 84 valence electrons. The molecule has 6 nitrogen and oxygen atoms in total. The van der Waals surface area contributed by atoms with Crippen molar-refractivity contribution in [3.05, 3.63) is 33.1 Å². The molecule has 2 N–H and O–H groups in total. The second kappa shape index (κ2) is 4.90. The van der Waals surface area contributed by atoms with Gasteiger partial charge in [0.2, 0.25) is 0 Å². The zero-order valence-electron chi connectivity index (χ0n) is 8.46.